The number of ether oxygens (including phenoxy) is 1. The molecule has 0 bridgehead atoms. The summed E-state index contributed by atoms with van der Waals surface area (Å²) in [5.41, 5.74) is 2.13. The number of carbonyl (C=O) groups excluding carboxylic acids is 2. The van der Waals surface area contributed by atoms with Crippen LogP contribution in [0.4, 0.5) is 5.69 Å². The number of rotatable bonds is 4. The van der Waals surface area contributed by atoms with E-state index >= 15 is 0 Å². The number of hydrogen-bond acceptors (Lipinski definition) is 5. The molecule has 1 heterocycles. The molecule has 1 aliphatic heterocycles. The molecule has 0 spiro atoms. The molecule has 0 unspecified atom stereocenters. The fourth-order valence-corrected chi connectivity index (χ4v) is 3.71. The third-order valence-electron chi connectivity index (χ3n) is 4.30. The van der Waals surface area contributed by atoms with E-state index < -0.39 is 16.0 Å². The minimum absolute atomic E-state index is 0.167. The van der Waals surface area contributed by atoms with Crippen LogP contribution in [0.15, 0.2) is 47.4 Å². The molecule has 2 aromatic carbocycles. The van der Waals surface area contributed by atoms with Crippen molar-refractivity contribution in [1.29, 1.82) is 0 Å². The first-order valence-electron chi connectivity index (χ1n) is 7.94. The molecule has 7 nitrogen and oxygen atoms in total. The van der Waals surface area contributed by atoms with Gasteiger partial charge in [-0.2, -0.15) is 0 Å². The zero-order chi connectivity index (χ0) is 18.9. The molecular weight excluding hydrogens is 356 g/mol. The Morgan fingerprint density at radius 1 is 1.12 bits per heavy atom. The van der Waals surface area contributed by atoms with E-state index in [0.29, 0.717) is 29.8 Å². The van der Waals surface area contributed by atoms with Crippen molar-refractivity contribution in [3.63, 3.8) is 0 Å². The normalized spacial score (nSPS) is 13.4. The fourth-order valence-electron chi connectivity index (χ4n) is 2.93. The van der Waals surface area contributed by atoms with Crippen LogP contribution in [0.3, 0.4) is 0 Å². The number of fused-ring (bicyclic) bond motifs is 1. The summed E-state index contributed by atoms with van der Waals surface area (Å²) in [5.74, 6) is -0.762. The number of methoxy groups -OCH3 is 1. The lowest BCUT2D eigenvalue weighted by Crippen LogP contribution is -2.29. The molecule has 0 aromatic heterocycles. The number of carbonyl (C=O) groups is 2. The summed E-state index contributed by atoms with van der Waals surface area (Å²) in [5, 5.41) is 0. The highest BCUT2D eigenvalue weighted by molar-refractivity contribution is 7.89. The standard InChI is InChI=1S/C18H18N2O5S/c1-19-26(23,24)15-6-7-16-12(11-15)8-9-20(16)17(21)13-4-3-5-14(10-13)18(22)25-2/h3-7,10-11,19H,8-9H2,1-2H3. The summed E-state index contributed by atoms with van der Waals surface area (Å²) >= 11 is 0. The molecule has 0 radical (unpaired) electrons. The van der Waals surface area contributed by atoms with Crippen molar-refractivity contribution >= 4 is 27.6 Å². The second-order valence-electron chi connectivity index (χ2n) is 5.78. The molecule has 1 aliphatic rings. The van der Waals surface area contributed by atoms with Crippen LogP contribution in [-0.4, -0.2) is 41.0 Å². The third-order valence-corrected chi connectivity index (χ3v) is 5.71. The van der Waals surface area contributed by atoms with E-state index in [1.165, 1.54) is 26.3 Å². The molecule has 0 aliphatic carbocycles. The van der Waals surface area contributed by atoms with Crippen LogP contribution in [0.5, 0.6) is 0 Å². The number of anilines is 1. The second-order valence-corrected chi connectivity index (χ2v) is 7.66. The van der Waals surface area contributed by atoms with Crippen molar-refractivity contribution in [2.24, 2.45) is 0 Å². The van der Waals surface area contributed by atoms with Gasteiger partial charge < -0.3 is 9.64 Å². The summed E-state index contributed by atoms with van der Waals surface area (Å²) in [6.45, 7) is 0.444. The van der Waals surface area contributed by atoms with Gasteiger partial charge in [0.1, 0.15) is 0 Å². The summed E-state index contributed by atoms with van der Waals surface area (Å²) in [6.07, 6.45) is 0.560. The fraction of sp³-hybridized carbons (Fsp3) is 0.222. The summed E-state index contributed by atoms with van der Waals surface area (Å²) < 4.78 is 30.8. The lowest BCUT2D eigenvalue weighted by Gasteiger charge is -2.18. The van der Waals surface area contributed by atoms with Gasteiger partial charge in [-0.05, 0) is 55.4 Å². The highest BCUT2D eigenvalue weighted by atomic mass is 32.2. The molecular formula is C18H18N2O5S. The van der Waals surface area contributed by atoms with E-state index in [-0.39, 0.29) is 10.8 Å². The van der Waals surface area contributed by atoms with Gasteiger partial charge in [-0.1, -0.05) is 6.07 Å². The van der Waals surface area contributed by atoms with Gasteiger partial charge in [-0.25, -0.2) is 17.9 Å². The van der Waals surface area contributed by atoms with E-state index in [2.05, 4.69) is 9.46 Å². The molecule has 1 N–H and O–H groups in total. The smallest absolute Gasteiger partial charge is 0.337 e. The topological polar surface area (TPSA) is 92.8 Å². The van der Waals surface area contributed by atoms with Gasteiger partial charge in [0, 0.05) is 17.8 Å². The van der Waals surface area contributed by atoms with Gasteiger partial charge in [0.25, 0.3) is 5.91 Å². The van der Waals surface area contributed by atoms with E-state index in [1.54, 1.807) is 35.2 Å². The van der Waals surface area contributed by atoms with Crippen molar-refractivity contribution in [3.05, 3.63) is 59.2 Å². The predicted octanol–water partition coefficient (Wildman–Crippen LogP) is 1.58. The first kappa shape index (κ1) is 18.1. The lowest BCUT2D eigenvalue weighted by atomic mass is 10.1. The zero-order valence-electron chi connectivity index (χ0n) is 14.4. The number of nitrogens with one attached hydrogen (secondary N) is 1. The first-order valence-corrected chi connectivity index (χ1v) is 9.42. The number of esters is 1. The number of benzene rings is 2. The lowest BCUT2D eigenvalue weighted by molar-refractivity contribution is 0.0600. The number of sulfonamides is 1. The zero-order valence-corrected chi connectivity index (χ0v) is 15.2. The van der Waals surface area contributed by atoms with E-state index in [4.69, 9.17) is 0 Å². The van der Waals surface area contributed by atoms with Crippen molar-refractivity contribution in [2.45, 2.75) is 11.3 Å². The van der Waals surface area contributed by atoms with E-state index in [0.717, 1.165) is 5.56 Å². The molecule has 0 saturated carbocycles. The summed E-state index contributed by atoms with van der Waals surface area (Å²) in [7, 11) is -0.897. The van der Waals surface area contributed by atoms with Gasteiger partial charge in [0.05, 0.1) is 17.6 Å². The Labute approximate surface area is 151 Å². The van der Waals surface area contributed by atoms with Crippen molar-refractivity contribution in [3.8, 4) is 0 Å². The number of amides is 1. The Morgan fingerprint density at radius 3 is 2.54 bits per heavy atom. The van der Waals surface area contributed by atoms with Gasteiger partial charge in [-0.15, -0.1) is 0 Å². The second kappa shape index (κ2) is 6.89. The third kappa shape index (κ3) is 3.21. The van der Waals surface area contributed by atoms with Crippen molar-refractivity contribution in [1.82, 2.24) is 4.72 Å². The number of hydrogen-bond donors (Lipinski definition) is 1. The van der Waals surface area contributed by atoms with Crippen LogP contribution in [0.1, 0.15) is 26.3 Å². The SMILES string of the molecule is CNS(=O)(=O)c1ccc2c(c1)CCN2C(=O)c1cccc(C(=O)OC)c1. The van der Waals surface area contributed by atoms with Crippen molar-refractivity contribution in [2.75, 3.05) is 25.6 Å². The summed E-state index contributed by atoms with van der Waals surface area (Å²) in [6, 6.07) is 11.0. The quantitative estimate of drug-likeness (QED) is 0.821. The maximum absolute atomic E-state index is 12.9. The van der Waals surface area contributed by atoms with Crippen LogP contribution in [0, 0.1) is 0 Å². The Hall–Kier alpha value is -2.71. The Bertz CT molecular complexity index is 985. The molecule has 26 heavy (non-hydrogen) atoms. The monoisotopic (exact) mass is 374 g/mol. The maximum Gasteiger partial charge on any atom is 0.337 e. The van der Waals surface area contributed by atoms with Gasteiger partial charge in [0.2, 0.25) is 10.0 Å². The Morgan fingerprint density at radius 2 is 1.85 bits per heavy atom. The molecule has 2 aromatic rings. The van der Waals surface area contributed by atoms with Crippen LogP contribution in [0.2, 0.25) is 0 Å². The maximum atomic E-state index is 12.9. The number of nitrogens with zero attached hydrogens (tertiary/aromatic N) is 1. The van der Waals surface area contributed by atoms with Gasteiger partial charge in [0.15, 0.2) is 0 Å². The average molecular weight is 374 g/mol. The van der Waals surface area contributed by atoms with Crippen LogP contribution >= 0.6 is 0 Å². The van der Waals surface area contributed by atoms with Crippen LogP contribution in [0.25, 0.3) is 0 Å². The minimum Gasteiger partial charge on any atom is -0.465 e. The molecule has 8 heteroatoms. The van der Waals surface area contributed by atoms with Crippen LogP contribution < -0.4 is 9.62 Å². The van der Waals surface area contributed by atoms with E-state index in [1.807, 2.05) is 0 Å². The molecule has 0 atom stereocenters. The highest BCUT2D eigenvalue weighted by Crippen LogP contribution is 2.31. The van der Waals surface area contributed by atoms with Gasteiger partial charge in [-0.3, -0.25) is 4.79 Å². The Kier molecular flexibility index (Phi) is 4.80. The summed E-state index contributed by atoms with van der Waals surface area (Å²) in [4.78, 5) is 26.3. The molecule has 0 fully saturated rings. The molecule has 1 amide bonds. The Balaban J connectivity index is 1.92. The first-order chi connectivity index (χ1) is 12.4. The highest BCUT2D eigenvalue weighted by Gasteiger charge is 2.27. The predicted molar refractivity (Wildman–Crippen MR) is 95.8 cm³/mol. The largest absolute Gasteiger partial charge is 0.465 e. The van der Waals surface area contributed by atoms with Crippen molar-refractivity contribution < 1.29 is 22.7 Å². The minimum atomic E-state index is -3.53. The molecule has 0 saturated heterocycles. The van der Waals surface area contributed by atoms with E-state index in [9.17, 15) is 18.0 Å². The average Bonchev–Trinajstić information content (AvgIpc) is 3.10. The van der Waals surface area contributed by atoms with Crippen LogP contribution in [-0.2, 0) is 21.2 Å². The molecule has 136 valence electrons. The molecule has 3 rings (SSSR count). The van der Waals surface area contributed by atoms with Gasteiger partial charge >= 0.3 is 5.97 Å².